The quantitative estimate of drug-likeness (QED) is 0.383. The Morgan fingerprint density at radius 1 is 1.25 bits per heavy atom. The van der Waals surface area contributed by atoms with Gasteiger partial charge < -0.3 is 9.80 Å². The van der Waals surface area contributed by atoms with Gasteiger partial charge in [-0.05, 0) is 18.9 Å². The molecule has 0 heterocycles. The number of nitrogens with one attached hydrogen (secondary N) is 1. The van der Waals surface area contributed by atoms with Crippen LogP contribution in [-0.2, 0) is 4.79 Å². The summed E-state index contributed by atoms with van der Waals surface area (Å²) >= 11 is 0. The minimum Gasteiger partial charge on any atom is -0.347 e. The predicted octanol–water partition coefficient (Wildman–Crippen LogP) is 1.95. The Morgan fingerprint density at radius 3 is 2.50 bits per heavy atom. The molecule has 0 spiro atoms. The zero-order valence-corrected chi connectivity index (χ0v) is 11.3. The molecule has 3 heteroatoms. The number of rotatable bonds is 8. The van der Waals surface area contributed by atoms with Crippen molar-refractivity contribution < 1.29 is 9.28 Å². The van der Waals surface area contributed by atoms with E-state index in [9.17, 15) is 4.79 Å². The van der Waals surface area contributed by atoms with Gasteiger partial charge in [-0.3, -0.25) is 4.79 Å². The van der Waals surface area contributed by atoms with Crippen LogP contribution in [0.15, 0.2) is 12.2 Å². The minimum absolute atomic E-state index is 0.0324. The molecule has 0 unspecified atom stereocenters. The first-order valence-electron chi connectivity index (χ1n) is 6.20. The monoisotopic (exact) mass is 227 g/mol. The van der Waals surface area contributed by atoms with Crippen LogP contribution in [0.5, 0.6) is 0 Å². The molecule has 0 aromatic heterocycles. The number of amides is 1. The van der Waals surface area contributed by atoms with E-state index < -0.39 is 0 Å². The molecule has 0 fully saturated rings. The van der Waals surface area contributed by atoms with E-state index in [2.05, 4.69) is 33.4 Å². The summed E-state index contributed by atoms with van der Waals surface area (Å²) in [7, 11) is 6.35. The third kappa shape index (κ3) is 11.2. The molecule has 0 aliphatic rings. The summed E-state index contributed by atoms with van der Waals surface area (Å²) in [5.41, 5.74) is 0. The number of allylic oxidation sites excluding steroid dienone is 1. The van der Waals surface area contributed by atoms with Crippen LogP contribution in [0.1, 0.15) is 32.6 Å². The van der Waals surface area contributed by atoms with Gasteiger partial charge in [0, 0.05) is 0 Å². The fraction of sp³-hybridized carbons (Fsp3) is 0.769. The Labute approximate surface area is 100 Å². The summed E-state index contributed by atoms with van der Waals surface area (Å²) in [5.74, 6) is 0.0324. The smallest absolute Gasteiger partial charge is 0.243 e. The number of unbranched alkanes of at least 4 members (excludes halogenated alkanes) is 3. The van der Waals surface area contributed by atoms with Crippen LogP contribution in [0.4, 0.5) is 0 Å². The average Bonchev–Trinajstić information content (AvgIpc) is 2.15. The first kappa shape index (κ1) is 15.2. The molecule has 0 rings (SSSR count). The third-order valence-corrected chi connectivity index (χ3v) is 2.33. The van der Waals surface area contributed by atoms with Crippen LogP contribution in [0.3, 0.4) is 0 Å². The second-order valence-electron chi connectivity index (χ2n) is 5.20. The molecular formula is C13H27N2O+. The Morgan fingerprint density at radius 2 is 1.94 bits per heavy atom. The van der Waals surface area contributed by atoms with Crippen LogP contribution in [-0.4, -0.2) is 44.6 Å². The molecule has 0 radical (unpaired) electrons. The fourth-order valence-corrected chi connectivity index (χ4v) is 1.28. The summed E-state index contributed by atoms with van der Waals surface area (Å²) in [4.78, 5) is 11.4. The SMILES string of the molecule is CCCCC/C=C/C(=O)NCC[N+](C)(C)C. The summed E-state index contributed by atoms with van der Waals surface area (Å²) in [6.45, 7) is 3.87. The predicted molar refractivity (Wildman–Crippen MR) is 69.2 cm³/mol. The first-order chi connectivity index (χ1) is 7.45. The van der Waals surface area contributed by atoms with E-state index in [1.54, 1.807) is 6.08 Å². The molecule has 94 valence electrons. The maximum atomic E-state index is 11.4. The topological polar surface area (TPSA) is 29.1 Å². The van der Waals surface area contributed by atoms with E-state index in [1.807, 2.05) is 6.08 Å². The highest BCUT2D eigenvalue weighted by Crippen LogP contribution is 1.99. The van der Waals surface area contributed by atoms with Gasteiger partial charge in [0.25, 0.3) is 0 Å². The first-order valence-corrected chi connectivity index (χ1v) is 6.20. The summed E-state index contributed by atoms with van der Waals surface area (Å²) < 4.78 is 0.875. The Bertz CT molecular complexity index is 216. The summed E-state index contributed by atoms with van der Waals surface area (Å²) in [5, 5.41) is 2.89. The van der Waals surface area contributed by atoms with Crippen LogP contribution in [0, 0.1) is 0 Å². The Balaban J connectivity index is 3.51. The molecule has 1 amide bonds. The van der Waals surface area contributed by atoms with Crippen molar-refractivity contribution in [1.29, 1.82) is 0 Å². The largest absolute Gasteiger partial charge is 0.347 e. The number of nitrogens with zero attached hydrogens (tertiary/aromatic N) is 1. The number of carbonyl (C=O) groups excluding carboxylic acids is 1. The van der Waals surface area contributed by atoms with Gasteiger partial charge in [0.1, 0.15) is 0 Å². The van der Waals surface area contributed by atoms with E-state index >= 15 is 0 Å². The van der Waals surface area contributed by atoms with E-state index in [-0.39, 0.29) is 5.91 Å². The van der Waals surface area contributed by atoms with Gasteiger partial charge in [0.05, 0.1) is 34.2 Å². The van der Waals surface area contributed by atoms with Crippen molar-refractivity contribution in [2.75, 3.05) is 34.2 Å². The van der Waals surface area contributed by atoms with Crippen molar-refractivity contribution in [3.63, 3.8) is 0 Å². The van der Waals surface area contributed by atoms with Crippen LogP contribution in [0.2, 0.25) is 0 Å². The van der Waals surface area contributed by atoms with Gasteiger partial charge in [0.2, 0.25) is 5.91 Å². The number of hydrogen-bond acceptors (Lipinski definition) is 1. The molecule has 0 atom stereocenters. The molecule has 0 saturated heterocycles. The molecule has 16 heavy (non-hydrogen) atoms. The van der Waals surface area contributed by atoms with Crippen molar-refractivity contribution in [2.45, 2.75) is 32.6 Å². The van der Waals surface area contributed by atoms with Crippen LogP contribution >= 0.6 is 0 Å². The highest BCUT2D eigenvalue weighted by atomic mass is 16.1. The van der Waals surface area contributed by atoms with E-state index in [1.165, 1.54) is 19.3 Å². The molecule has 1 N–H and O–H groups in total. The second kappa shape index (κ2) is 8.34. The number of quaternary nitrogens is 1. The fourth-order valence-electron chi connectivity index (χ4n) is 1.28. The molecular weight excluding hydrogens is 200 g/mol. The maximum Gasteiger partial charge on any atom is 0.243 e. The molecule has 0 aromatic carbocycles. The maximum absolute atomic E-state index is 11.4. The second-order valence-corrected chi connectivity index (χ2v) is 5.20. The van der Waals surface area contributed by atoms with Crippen molar-refractivity contribution in [2.24, 2.45) is 0 Å². The van der Waals surface area contributed by atoms with E-state index in [0.29, 0.717) is 0 Å². The van der Waals surface area contributed by atoms with Gasteiger partial charge in [-0.1, -0.05) is 25.8 Å². The van der Waals surface area contributed by atoms with Gasteiger partial charge >= 0.3 is 0 Å². The Hall–Kier alpha value is -0.830. The third-order valence-electron chi connectivity index (χ3n) is 2.33. The standard InChI is InChI=1S/C13H26N2O/c1-5-6-7-8-9-10-13(16)14-11-12-15(2,3)4/h9-10H,5-8,11-12H2,1-4H3/p+1/b10-9+. The molecule has 3 nitrogen and oxygen atoms in total. The van der Waals surface area contributed by atoms with Crippen LogP contribution in [0.25, 0.3) is 0 Å². The van der Waals surface area contributed by atoms with E-state index in [0.717, 1.165) is 24.0 Å². The average molecular weight is 227 g/mol. The van der Waals surface area contributed by atoms with Gasteiger partial charge in [-0.15, -0.1) is 0 Å². The lowest BCUT2D eigenvalue weighted by atomic mass is 10.2. The number of carbonyl (C=O) groups is 1. The highest BCUT2D eigenvalue weighted by Gasteiger charge is 2.05. The molecule has 0 aliphatic heterocycles. The normalized spacial score (nSPS) is 12.0. The van der Waals surface area contributed by atoms with E-state index in [4.69, 9.17) is 0 Å². The lowest BCUT2D eigenvalue weighted by molar-refractivity contribution is -0.869. The minimum atomic E-state index is 0.0324. The highest BCUT2D eigenvalue weighted by molar-refractivity contribution is 5.87. The molecule has 0 bridgehead atoms. The summed E-state index contributed by atoms with van der Waals surface area (Å²) in [6, 6.07) is 0. The zero-order valence-electron chi connectivity index (χ0n) is 11.3. The number of likely N-dealkylation sites (N-methyl/N-ethyl adjacent to an activating group) is 1. The number of hydrogen-bond donors (Lipinski definition) is 1. The van der Waals surface area contributed by atoms with Crippen molar-refractivity contribution in [3.8, 4) is 0 Å². The molecule has 0 aromatic rings. The van der Waals surface area contributed by atoms with Crippen molar-refractivity contribution in [1.82, 2.24) is 5.32 Å². The lowest BCUT2D eigenvalue weighted by Gasteiger charge is -2.23. The van der Waals surface area contributed by atoms with Gasteiger partial charge in [0.15, 0.2) is 0 Å². The van der Waals surface area contributed by atoms with Crippen LogP contribution < -0.4 is 5.32 Å². The van der Waals surface area contributed by atoms with Gasteiger partial charge in [-0.25, -0.2) is 0 Å². The summed E-state index contributed by atoms with van der Waals surface area (Å²) in [6.07, 6.45) is 8.29. The van der Waals surface area contributed by atoms with Crippen molar-refractivity contribution >= 4 is 5.91 Å². The Kier molecular flexibility index (Phi) is 7.90. The van der Waals surface area contributed by atoms with Crippen molar-refractivity contribution in [3.05, 3.63) is 12.2 Å². The molecule has 0 aliphatic carbocycles. The lowest BCUT2D eigenvalue weighted by Crippen LogP contribution is -2.41. The van der Waals surface area contributed by atoms with Gasteiger partial charge in [-0.2, -0.15) is 0 Å². The molecule has 0 saturated carbocycles. The zero-order chi connectivity index (χ0) is 12.4.